The Morgan fingerprint density at radius 1 is 1.39 bits per heavy atom. The zero-order valence-corrected chi connectivity index (χ0v) is 16.0. The molecule has 0 aliphatic carbocycles. The minimum Gasteiger partial charge on any atom is -0.463 e. The highest BCUT2D eigenvalue weighted by Crippen LogP contribution is 2.44. The number of carbonyl (C=O) groups is 1. The Morgan fingerprint density at radius 2 is 2.04 bits per heavy atom. The molecule has 0 saturated heterocycles. The van der Waals surface area contributed by atoms with Crippen LogP contribution in [0.3, 0.4) is 0 Å². The average Bonchev–Trinajstić information content (AvgIpc) is 2.57. The van der Waals surface area contributed by atoms with Crippen LogP contribution in [0, 0.1) is 11.3 Å². The molecule has 0 amide bonds. The third-order valence-corrected chi connectivity index (χ3v) is 4.46. The molecule has 1 aliphatic rings. The highest BCUT2D eigenvalue weighted by atomic mass is 35.5. The third kappa shape index (κ3) is 4.46. The fraction of sp³-hybridized carbons (Fsp3) is 0.294. The van der Waals surface area contributed by atoms with Gasteiger partial charge in [-0.3, -0.25) is 0 Å². The summed E-state index contributed by atoms with van der Waals surface area (Å²) >= 11 is 11.7. The van der Waals surface area contributed by atoms with Gasteiger partial charge in [0.2, 0.25) is 5.88 Å². The van der Waals surface area contributed by atoms with E-state index in [9.17, 15) is 23.2 Å². The van der Waals surface area contributed by atoms with Gasteiger partial charge in [0, 0.05) is 0 Å². The number of alkyl halides is 3. The van der Waals surface area contributed by atoms with Crippen LogP contribution in [0.5, 0.6) is 5.75 Å². The zero-order chi connectivity index (χ0) is 21.2. The summed E-state index contributed by atoms with van der Waals surface area (Å²) in [6.07, 6.45) is -5.04. The molecule has 0 bridgehead atoms. The summed E-state index contributed by atoms with van der Waals surface area (Å²) in [5, 5.41) is 8.72. The standard InChI is InChI=1S/C17H13Cl2F3N2O4/c1-3-26-16(25)12-7(2)27-15(24)9(6-23)13(12)8-4-10(18)14(19)11(5-8)28-17(20,21)22/h4-5,13H,3,24H2,1-2H3. The van der Waals surface area contributed by atoms with Gasteiger partial charge in [0.25, 0.3) is 0 Å². The van der Waals surface area contributed by atoms with Crippen LogP contribution in [0.1, 0.15) is 25.3 Å². The number of nitriles is 1. The largest absolute Gasteiger partial charge is 0.573 e. The van der Waals surface area contributed by atoms with Gasteiger partial charge in [0.15, 0.2) is 0 Å². The third-order valence-electron chi connectivity index (χ3n) is 3.68. The molecule has 1 aromatic carbocycles. The van der Waals surface area contributed by atoms with E-state index in [1.54, 1.807) is 13.0 Å². The van der Waals surface area contributed by atoms with Crippen molar-refractivity contribution in [2.75, 3.05) is 6.61 Å². The van der Waals surface area contributed by atoms with Gasteiger partial charge in [-0.05, 0) is 31.5 Å². The fourth-order valence-electron chi connectivity index (χ4n) is 2.64. The van der Waals surface area contributed by atoms with Gasteiger partial charge in [-0.25, -0.2) is 4.79 Å². The first kappa shape index (κ1) is 21.7. The van der Waals surface area contributed by atoms with Crippen molar-refractivity contribution in [3.05, 3.63) is 50.5 Å². The molecule has 6 nitrogen and oxygen atoms in total. The monoisotopic (exact) mass is 436 g/mol. The van der Waals surface area contributed by atoms with E-state index in [-0.39, 0.29) is 40.0 Å². The second kappa shape index (κ2) is 8.20. The quantitative estimate of drug-likeness (QED) is 0.696. The molecular formula is C17H13Cl2F3N2O4. The van der Waals surface area contributed by atoms with E-state index < -0.39 is 29.0 Å². The lowest BCUT2D eigenvalue weighted by Crippen LogP contribution is -2.25. The number of nitrogens with zero attached hydrogens (tertiary/aromatic N) is 1. The van der Waals surface area contributed by atoms with Crippen molar-refractivity contribution in [1.29, 1.82) is 5.26 Å². The van der Waals surface area contributed by atoms with E-state index in [1.165, 1.54) is 13.0 Å². The minimum atomic E-state index is -5.04. The molecule has 1 unspecified atom stereocenters. The number of carbonyl (C=O) groups excluding carboxylic acids is 1. The van der Waals surface area contributed by atoms with Crippen molar-refractivity contribution >= 4 is 29.2 Å². The SMILES string of the molecule is CCOC(=O)C1=C(C)OC(N)=C(C#N)C1c1cc(Cl)c(Cl)c(OC(F)(F)F)c1. The van der Waals surface area contributed by atoms with Crippen molar-refractivity contribution in [1.82, 2.24) is 0 Å². The second-order valence-corrected chi connectivity index (χ2v) is 6.26. The summed E-state index contributed by atoms with van der Waals surface area (Å²) in [7, 11) is 0. The van der Waals surface area contributed by atoms with E-state index in [2.05, 4.69) is 4.74 Å². The number of hydrogen-bond acceptors (Lipinski definition) is 6. The molecule has 150 valence electrons. The molecule has 2 rings (SSSR count). The van der Waals surface area contributed by atoms with E-state index >= 15 is 0 Å². The number of hydrogen-bond donors (Lipinski definition) is 1. The van der Waals surface area contributed by atoms with E-state index in [0.29, 0.717) is 0 Å². The second-order valence-electron chi connectivity index (χ2n) is 5.48. The highest BCUT2D eigenvalue weighted by molar-refractivity contribution is 6.43. The van der Waals surface area contributed by atoms with Crippen LogP contribution < -0.4 is 10.5 Å². The predicted octanol–water partition coefficient (Wildman–Crippen LogP) is 4.54. The topological polar surface area (TPSA) is 94.6 Å². The molecule has 0 radical (unpaired) electrons. The highest BCUT2D eigenvalue weighted by Gasteiger charge is 2.38. The van der Waals surface area contributed by atoms with E-state index in [4.69, 9.17) is 38.4 Å². The molecule has 0 aromatic heterocycles. The number of benzene rings is 1. The summed E-state index contributed by atoms with van der Waals surface area (Å²) in [5.41, 5.74) is 5.43. The molecular weight excluding hydrogens is 424 g/mol. The van der Waals surface area contributed by atoms with Gasteiger partial charge in [-0.2, -0.15) is 5.26 Å². The molecule has 1 atom stereocenters. The zero-order valence-electron chi connectivity index (χ0n) is 14.5. The smallest absolute Gasteiger partial charge is 0.463 e. The molecule has 0 fully saturated rings. The first-order valence-electron chi connectivity index (χ1n) is 7.70. The maximum Gasteiger partial charge on any atom is 0.573 e. The lowest BCUT2D eigenvalue weighted by atomic mass is 9.83. The van der Waals surface area contributed by atoms with Gasteiger partial charge in [-0.1, -0.05) is 23.2 Å². The Labute approximate surface area is 167 Å². The normalized spacial score (nSPS) is 17.1. The van der Waals surface area contributed by atoms with Crippen molar-refractivity contribution in [3.63, 3.8) is 0 Å². The average molecular weight is 437 g/mol. The van der Waals surface area contributed by atoms with Crippen molar-refractivity contribution in [3.8, 4) is 11.8 Å². The van der Waals surface area contributed by atoms with Crippen LogP contribution >= 0.6 is 23.2 Å². The van der Waals surface area contributed by atoms with Crippen LogP contribution in [0.2, 0.25) is 10.0 Å². The van der Waals surface area contributed by atoms with E-state index in [1.807, 2.05) is 0 Å². The maximum atomic E-state index is 12.7. The summed E-state index contributed by atoms with van der Waals surface area (Å²) in [5.74, 6) is -3.08. The number of nitrogens with two attached hydrogens (primary N) is 1. The molecule has 1 aromatic rings. The van der Waals surface area contributed by atoms with Crippen LogP contribution in [0.4, 0.5) is 13.2 Å². The van der Waals surface area contributed by atoms with Gasteiger partial charge in [0.05, 0.1) is 23.1 Å². The molecule has 11 heteroatoms. The first-order valence-corrected chi connectivity index (χ1v) is 8.45. The molecule has 1 heterocycles. The first-order chi connectivity index (χ1) is 13.0. The number of ether oxygens (including phenoxy) is 3. The Balaban J connectivity index is 2.71. The summed E-state index contributed by atoms with van der Waals surface area (Å²) in [6.45, 7) is 2.99. The van der Waals surface area contributed by atoms with Gasteiger partial charge in [0.1, 0.15) is 28.2 Å². The van der Waals surface area contributed by atoms with Crippen LogP contribution in [0.15, 0.2) is 34.9 Å². The number of halogens is 5. The Morgan fingerprint density at radius 3 is 2.57 bits per heavy atom. The van der Waals surface area contributed by atoms with Crippen LogP contribution in [-0.2, 0) is 14.3 Å². The Hall–Kier alpha value is -2.57. The maximum absolute atomic E-state index is 12.7. The van der Waals surface area contributed by atoms with Gasteiger partial charge >= 0.3 is 12.3 Å². The number of allylic oxidation sites excluding steroid dienone is 2. The predicted molar refractivity (Wildman–Crippen MR) is 93.1 cm³/mol. The summed E-state index contributed by atoms with van der Waals surface area (Å²) < 4.78 is 52.2. The Bertz CT molecular complexity index is 920. The summed E-state index contributed by atoms with van der Waals surface area (Å²) in [6, 6.07) is 3.93. The molecule has 0 saturated carbocycles. The van der Waals surface area contributed by atoms with E-state index in [0.717, 1.165) is 6.07 Å². The van der Waals surface area contributed by atoms with Gasteiger partial charge < -0.3 is 19.9 Å². The molecule has 2 N–H and O–H groups in total. The molecule has 1 aliphatic heterocycles. The van der Waals surface area contributed by atoms with Crippen LogP contribution in [-0.4, -0.2) is 18.9 Å². The van der Waals surface area contributed by atoms with Crippen molar-refractivity contribution in [2.24, 2.45) is 5.73 Å². The van der Waals surface area contributed by atoms with Crippen molar-refractivity contribution in [2.45, 2.75) is 26.1 Å². The fourth-order valence-corrected chi connectivity index (χ4v) is 3.00. The van der Waals surface area contributed by atoms with Crippen LogP contribution in [0.25, 0.3) is 0 Å². The number of rotatable bonds is 4. The van der Waals surface area contributed by atoms with Crippen molar-refractivity contribution < 1.29 is 32.2 Å². The lowest BCUT2D eigenvalue weighted by molar-refractivity contribution is -0.274. The molecule has 0 spiro atoms. The lowest BCUT2D eigenvalue weighted by Gasteiger charge is -2.27. The van der Waals surface area contributed by atoms with Gasteiger partial charge in [-0.15, -0.1) is 13.2 Å². The molecule has 28 heavy (non-hydrogen) atoms. The number of esters is 1. The minimum absolute atomic E-state index is 0.0128. The summed E-state index contributed by atoms with van der Waals surface area (Å²) in [4.78, 5) is 12.4. The Kier molecular flexibility index (Phi) is 6.37.